The summed E-state index contributed by atoms with van der Waals surface area (Å²) in [7, 11) is 2.13. The molecule has 0 N–H and O–H groups in total. The van der Waals surface area contributed by atoms with Crippen LogP contribution in [0.5, 0.6) is 0 Å². The summed E-state index contributed by atoms with van der Waals surface area (Å²) in [5.41, 5.74) is 5.06. The molecular formula is C18H24N2O2. The second kappa shape index (κ2) is 5.76. The van der Waals surface area contributed by atoms with Crippen LogP contribution in [0.2, 0.25) is 0 Å². The van der Waals surface area contributed by atoms with E-state index in [1.54, 1.807) is 0 Å². The third kappa shape index (κ3) is 2.75. The highest BCUT2D eigenvalue weighted by Crippen LogP contribution is 2.31. The van der Waals surface area contributed by atoms with E-state index in [1.807, 2.05) is 13.8 Å². The monoisotopic (exact) mass is 300 g/mol. The minimum Gasteiger partial charge on any atom is -0.462 e. The summed E-state index contributed by atoms with van der Waals surface area (Å²) in [6.45, 7) is 8.14. The molecule has 0 saturated heterocycles. The maximum absolute atomic E-state index is 12.1. The number of esters is 1. The molecule has 118 valence electrons. The maximum Gasteiger partial charge on any atom is 0.326 e. The van der Waals surface area contributed by atoms with Crippen LogP contribution in [0.3, 0.4) is 0 Å². The van der Waals surface area contributed by atoms with Crippen molar-refractivity contribution in [3.8, 4) is 0 Å². The van der Waals surface area contributed by atoms with Crippen LogP contribution in [0.25, 0.3) is 10.9 Å². The number of fused-ring (bicyclic) bond motifs is 3. The second-order valence-corrected chi connectivity index (χ2v) is 6.56. The van der Waals surface area contributed by atoms with Crippen molar-refractivity contribution in [1.29, 1.82) is 0 Å². The molecule has 0 amide bonds. The highest BCUT2D eigenvalue weighted by molar-refractivity contribution is 5.88. The summed E-state index contributed by atoms with van der Waals surface area (Å²) in [5.74, 6) is -0.163. The lowest BCUT2D eigenvalue weighted by Gasteiger charge is -2.24. The molecule has 1 aliphatic rings. The summed E-state index contributed by atoms with van der Waals surface area (Å²) in [6.07, 6.45) is 0.966. The van der Waals surface area contributed by atoms with Crippen molar-refractivity contribution in [1.82, 2.24) is 9.47 Å². The molecule has 4 nitrogen and oxygen atoms in total. The van der Waals surface area contributed by atoms with E-state index in [-0.39, 0.29) is 12.1 Å². The Kier molecular flexibility index (Phi) is 3.96. The molecule has 2 heterocycles. The first-order valence-electron chi connectivity index (χ1n) is 7.94. The highest BCUT2D eigenvalue weighted by Gasteiger charge is 2.23. The third-order valence-electron chi connectivity index (χ3n) is 4.26. The van der Waals surface area contributed by atoms with E-state index in [4.69, 9.17) is 4.74 Å². The first kappa shape index (κ1) is 15.1. The van der Waals surface area contributed by atoms with Crippen molar-refractivity contribution < 1.29 is 9.53 Å². The van der Waals surface area contributed by atoms with Gasteiger partial charge in [-0.2, -0.15) is 0 Å². The Balaban J connectivity index is 2.07. The van der Waals surface area contributed by atoms with Crippen molar-refractivity contribution in [3.63, 3.8) is 0 Å². The third-order valence-corrected chi connectivity index (χ3v) is 4.26. The van der Waals surface area contributed by atoms with E-state index in [2.05, 4.69) is 41.6 Å². The predicted molar refractivity (Wildman–Crippen MR) is 87.9 cm³/mol. The zero-order valence-corrected chi connectivity index (χ0v) is 13.8. The van der Waals surface area contributed by atoms with Gasteiger partial charge in [0.1, 0.15) is 6.54 Å². The Morgan fingerprint density at radius 2 is 2.14 bits per heavy atom. The summed E-state index contributed by atoms with van der Waals surface area (Å²) in [5, 5.41) is 1.29. The van der Waals surface area contributed by atoms with Crippen LogP contribution < -0.4 is 0 Å². The Bertz CT molecular complexity index is 715. The van der Waals surface area contributed by atoms with E-state index in [0.717, 1.165) is 25.0 Å². The number of aromatic nitrogens is 1. The Labute approximate surface area is 131 Å². The molecule has 2 aromatic rings. The molecule has 0 fully saturated rings. The van der Waals surface area contributed by atoms with Gasteiger partial charge in [0.05, 0.1) is 6.10 Å². The first-order chi connectivity index (χ1) is 10.5. The van der Waals surface area contributed by atoms with Gasteiger partial charge < -0.3 is 14.2 Å². The average Bonchev–Trinajstić information content (AvgIpc) is 2.71. The number of ether oxygens (including phenoxy) is 1. The Morgan fingerprint density at radius 1 is 1.36 bits per heavy atom. The highest BCUT2D eigenvalue weighted by atomic mass is 16.5. The number of benzene rings is 1. The standard InChI is InChI=1S/C18H24N2O2/c1-12(2)22-18(21)11-20-16-6-5-13(3)9-15(16)14-7-8-19(4)10-17(14)20/h5-6,9,12H,7-8,10-11H2,1-4H3. The Morgan fingerprint density at radius 3 is 2.86 bits per heavy atom. The van der Waals surface area contributed by atoms with Gasteiger partial charge in [0.15, 0.2) is 0 Å². The van der Waals surface area contributed by atoms with Crippen LogP contribution in [0, 0.1) is 6.92 Å². The molecule has 0 unspecified atom stereocenters. The topological polar surface area (TPSA) is 34.5 Å². The van der Waals surface area contributed by atoms with Crippen molar-refractivity contribution in [2.24, 2.45) is 0 Å². The lowest BCUT2D eigenvalue weighted by Crippen LogP contribution is -2.29. The van der Waals surface area contributed by atoms with Crippen LogP contribution in [0.15, 0.2) is 18.2 Å². The van der Waals surface area contributed by atoms with Gasteiger partial charge in [-0.1, -0.05) is 11.6 Å². The fourth-order valence-corrected chi connectivity index (χ4v) is 3.30. The molecule has 0 radical (unpaired) electrons. The van der Waals surface area contributed by atoms with Crippen LogP contribution >= 0.6 is 0 Å². The number of carbonyl (C=O) groups is 1. The number of rotatable bonds is 3. The molecular weight excluding hydrogens is 276 g/mol. The largest absolute Gasteiger partial charge is 0.462 e. The summed E-state index contributed by atoms with van der Waals surface area (Å²) in [6, 6.07) is 6.48. The zero-order valence-electron chi connectivity index (χ0n) is 13.8. The van der Waals surface area contributed by atoms with E-state index < -0.39 is 0 Å². The van der Waals surface area contributed by atoms with Crippen molar-refractivity contribution >= 4 is 16.9 Å². The second-order valence-electron chi connectivity index (χ2n) is 6.56. The van der Waals surface area contributed by atoms with Gasteiger partial charge in [0.25, 0.3) is 0 Å². The molecule has 0 saturated carbocycles. The predicted octanol–water partition coefficient (Wildman–Crippen LogP) is 2.89. The van der Waals surface area contributed by atoms with Gasteiger partial charge in [0.2, 0.25) is 0 Å². The molecule has 3 rings (SSSR count). The number of hydrogen-bond acceptors (Lipinski definition) is 3. The smallest absolute Gasteiger partial charge is 0.326 e. The number of hydrogen-bond donors (Lipinski definition) is 0. The normalized spacial score (nSPS) is 15.3. The van der Waals surface area contributed by atoms with Gasteiger partial charge in [-0.3, -0.25) is 4.79 Å². The minimum absolute atomic E-state index is 0.0740. The van der Waals surface area contributed by atoms with Gasteiger partial charge >= 0.3 is 5.97 Å². The molecule has 0 aliphatic carbocycles. The van der Waals surface area contributed by atoms with E-state index in [9.17, 15) is 4.79 Å². The van der Waals surface area contributed by atoms with Gasteiger partial charge in [-0.05, 0) is 51.9 Å². The quantitative estimate of drug-likeness (QED) is 0.818. The molecule has 0 bridgehead atoms. The molecule has 0 spiro atoms. The number of carbonyl (C=O) groups excluding carboxylic acids is 1. The summed E-state index contributed by atoms with van der Waals surface area (Å²) in [4.78, 5) is 14.4. The zero-order chi connectivity index (χ0) is 15.9. The Hall–Kier alpha value is -1.81. The van der Waals surface area contributed by atoms with Gasteiger partial charge in [-0.15, -0.1) is 0 Å². The molecule has 1 aromatic carbocycles. The average molecular weight is 300 g/mol. The minimum atomic E-state index is -0.163. The van der Waals surface area contributed by atoms with Crippen molar-refractivity contribution in [2.45, 2.75) is 46.4 Å². The SMILES string of the molecule is Cc1ccc2c(c1)c1c(n2CC(=O)OC(C)C)CN(C)CC1. The van der Waals surface area contributed by atoms with Crippen LogP contribution in [0.4, 0.5) is 0 Å². The molecule has 4 heteroatoms. The van der Waals surface area contributed by atoms with Gasteiger partial charge in [0, 0.05) is 29.7 Å². The molecule has 1 aromatic heterocycles. The van der Waals surface area contributed by atoms with E-state index in [0.29, 0.717) is 6.54 Å². The van der Waals surface area contributed by atoms with Crippen LogP contribution in [-0.4, -0.2) is 35.1 Å². The maximum atomic E-state index is 12.1. The lowest BCUT2D eigenvalue weighted by molar-refractivity contribution is -0.148. The number of aryl methyl sites for hydroxylation is 1. The summed E-state index contributed by atoms with van der Waals surface area (Å²) < 4.78 is 7.48. The summed E-state index contributed by atoms with van der Waals surface area (Å²) >= 11 is 0. The lowest BCUT2D eigenvalue weighted by atomic mass is 10.0. The molecule has 0 atom stereocenters. The fourth-order valence-electron chi connectivity index (χ4n) is 3.30. The number of nitrogens with zero attached hydrogens (tertiary/aromatic N) is 2. The molecule has 1 aliphatic heterocycles. The first-order valence-corrected chi connectivity index (χ1v) is 7.94. The van der Waals surface area contributed by atoms with Gasteiger partial charge in [-0.25, -0.2) is 0 Å². The van der Waals surface area contributed by atoms with Crippen LogP contribution in [-0.2, 0) is 29.0 Å². The van der Waals surface area contributed by atoms with Crippen molar-refractivity contribution in [3.05, 3.63) is 35.0 Å². The van der Waals surface area contributed by atoms with Crippen LogP contribution in [0.1, 0.15) is 30.7 Å². The van der Waals surface area contributed by atoms with E-state index in [1.165, 1.54) is 22.2 Å². The fraction of sp³-hybridized carbons (Fsp3) is 0.500. The van der Waals surface area contributed by atoms with E-state index >= 15 is 0 Å². The van der Waals surface area contributed by atoms with Crippen molar-refractivity contribution in [2.75, 3.05) is 13.6 Å². The number of likely N-dealkylation sites (N-methyl/N-ethyl adjacent to an activating group) is 1. The molecule has 22 heavy (non-hydrogen) atoms.